The Morgan fingerprint density at radius 2 is 2.00 bits per heavy atom. The van der Waals surface area contributed by atoms with Gasteiger partial charge in [0.1, 0.15) is 0 Å². The number of rotatable bonds is 7. The van der Waals surface area contributed by atoms with E-state index in [1.165, 1.54) is 11.8 Å². The maximum atomic E-state index is 12.9. The van der Waals surface area contributed by atoms with Crippen molar-refractivity contribution in [3.8, 4) is 0 Å². The van der Waals surface area contributed by atoms with E-state index in [2.05, 4.69) is 26.2 Å². The number of nitrogens with one attached hydrogen (secondary N) is 1. The lowest BCUT2D eigenvalue weighted by Gasteiger charge is -2.13. The molecule has 28 heavy (non-hydrogen) atoms. The maximum Gasteiger partial charge on any atom is 0.262 e. The van der Waals surface area contributed by atoms with E-state index in [9.17, 15) is 9.59 Å². The maximum absolute atomic E-state index is 12.9. The molecule has 2 aromatic carbocycles. The van der Waals surface area contributed by atoms with Crippen LogP contribution in [0.25, 0.3) is 10.9 Å². The summed E-state index contributed by atoms with van der Waals surface area (Å²) in [5.74, 6) is -0.00713. The largest absolute Gasteiger partial charge is 0.383 e. The Morgan fingerprint density at radius 1 is 1.25 bits per heavy atom. The van der Waals surface area contributed by atoms with Crippen LogP contribution < -0.4 is 10.9 Å². The van der Waals surface area contributed by atoms with Crippen LogP contribution >= 0.6 is 27.7 Å². The fourth-order valence-corrected chi connectivity index (χ4v) is 3.81. The summed E-state index contributed by atoms with van der Waals surface area (Å²) in [7, 11) is 1.58. The lowest BCUT2D eigenvalue weighted by molar-refractivity contribution is -0.113. The standard InChI is InChI=1S/C20H20BrN3O3S/c1-13-3-6-15(7-4-13)22-18(25)12-28-20-23-17-8-5-14(21)11-16(17)19(26)24(20)9-10-27-2/h3-8,11H,9-10,12H2,1-2H3,(H,22,25). The molecule has 1 amide bonds. The Bertz CT molecular complexity index is 1050. The number of thioether (sulfide) groups is 1. The number of aryl methyl sites for hydroxylation is 1. The fourth-order valence-electron chi connectivity index (χ4n) is 2.63. The second kappa shape index (κ2) is 9.36. The van der Waals surface area contributed by atoms with Gasteiger partial charge in [-0.1, -0.05) is 45.4 Å². The van der Waals surface area contributed by atoms with Crippen LogP contribution in [0.4, 0.5) is 5.69 Å². The number of methoxy groups -OCH3 is 1. The van der Waals surface area contributed by atoms with Crippen LogP contribution in [0.5, 0.6) is 0 Å². The number of ether oxygens (including phenoxy) is 1. The van der Waals surface area contributed by atoms with Crippen LogP contribution in [0.2, 0.25) is 0 Å². The Balaban J connectivity index is 1.82. The SMILES string of the molecule is COCCn1c(SCC(=O)Nc2ccc(C)cc2)nc2ccc(Br)cc2c1=O. The van der Waals surface area contributed by atoms with Crippen molar-refractivity contribution >= 4 is 50.2 Å². The van der Waals surface area contributed by atoms with E-state index in [1.54, 1.807) is 23.8 Å². The average molecular weight is 462 g/mol. The van der Waals surface area contributed by atoms with E-state index in [1.807, 2.05) is 37.3 Å². The van der Waals surface area contributed by atoms with Crippen molar-refractivity contribution < 1.29 is 9.53 Å². The van der Waals surface area contributed by atoms with Gasteiger partial charge in [0.05, 0.1) is 29.8 Å². The van der Waals surface area contributed by atoms with Crippen LogP contribution in [0, 0.1) is 6.92 Å². The minimum atomic E-state index is -0.155. The molecule has 0 radical (unpaired) electrons. The van der Waals surface area contributed by atoms with E-state index in [0.29, 0.717) is 29.2 Å². The molecule has 1 N–H and O–H groups in total. The molecule has 0 saturated carbocycles. The molecule has 0 fully saturated rings. The second-order valence-corrected chi connectivity index (χ2v) is 8.07. The number of aromatic nitrogens is 2. The van der Waals surface area contributed by atoms with Crippen LogP contribution in [-0.2, 0) is 16.1 Å². The molecular formula is C20H20BrN3O3S. The first-order valence-corrected chi connectivity index (χ1v) is 10.4. The molecule has 1 heterocycles. The van der Waals surface area contributed by atoms with Crippen molar-refractivity contribution in [3.05, 3.63) is 62.9 Å². The monoisotopic (exact) mass is 461 g/mol. The van der Waals surface area contributed by atoms with E-state index < -0.39 is 0 Å². The number of carbonyl (C=O) groups excluding carboxylic acids is 1. The lowest BCUT2D eigenvalue weighted by Crippen LogP contribution is -2.26. The van der Waals surface area contributed by atoms with E-state index >= 15 is 0 Å². The summed E-state index contributed by atoms with van der Waals surface area (Å²) in [6.07, 6.45) is 0. The highest BCUT2D eigenvalue weighted by atomic mass is 79.9. The van der Waals surface area contributed by atoms with Crippen LogP contribution in [-0.4, -0.2) is 34.9 Å². The quantitative estimate of drug-likeness (QED) is 0.427. The predicted octanol–water partition coefficient (Wildman–Crippen LogP) is 3.84. The number of hydrogen-bond acceptors (Lipinski definition) is 5. The fraction of sp³-hybridized carbons (Fsp3) is 0.250. The van der Waals surface area contributed by atoms with Gasteiger partial charge in [-0.05, 0) is 37.3 Å². The van der Waals surface area contributed by atoms with Gasteiger partial charge in [-0.3, -0.25) is 14.2 Å². The first-order chi connectivity index (χ1) is 13.5. The van der Waals surface area contributed by atoms with Gasteiger partial charge < -0.3 is 10.1 Å². The molecule has 6 nitrogen and oxygen atoms in total. The number of anilines is 1. The first kappa shape index (κ1) is 20.6. The highest BCUT2D eigenvalue weighted by Crippen LogP contribution is 2.21. The zero-order valence-corrected chi connectivity index (χ0v) is 18.0. The molecule has 0 spiro atoms. The van der Waals surface area contributed by atoms with Gasteiger partial charge in [-0.2, -0.15) is 0 Å². The first-order valence-electron chi connectivity index (χ1n) is 8.66. The molecular weight excluding hydrogens is 442 g/mol. The van der Waals surface area contributed by atoms with Gasteiger partial charge >= 0.3 is 0 Å². The number of amides is 1. The van der Waals surface area contributed by atoms with Gasteiger partial charge in [0, 0.05) is 17.3 Å². The zero-order valence-electron chi connectivity index (χ0n) is 15.6. The van der Waals surface area contributed by atoms with Crippen LogP contribution in [0.15, 0.2) is 56.9 Å². The highest BCUT2D eigenvalue weighted by Gasteiger charge is 2.14. The number of halogens is 1. The van der Waals surface area contributed by atoms with Crippen molar-refractivity contribution in [1.29, 1.82) is 0 Å². The van der Waals surface area contributed by atoms with Crippen molar-refractivity contribution in [2.75, 3.05) is 24.8 Å². The number of nitrogens with zero attached hydrogens (tertiary/aromatic N) is 2. The second-order valence-electron chi connectivity index (χ2n) is 6.21. The number of carbonyl (C=O) groups is 1. The molecule has 0 saturated heterocycles. The Morgan fingerprint density at radius 3 is 2.71 bits per heavy atom. The van der Waals surface area contributed by atoms with Crippen molar-refractivity contribution in [2.45, 2.75) is 18.6 Å². The summed E-state index contributed by atoms with van der Waals surface area (Å²) < 4.78 is 7.49. The molecule has 146 valence electrons. The predicted molar refractivity (Wildman–Crippen MR) is 116 cm³/mol. The third-order valence-corrected chi connectivity index (χ3v) is 5.54. The summed E-state index contributed by atoms with van der Waals surface area (Å²) >= 11 is 4.62. The molecule has 0 aliphatic carbocycles. The normalized spacial score (nSPS) is 11.0. The Kier molecular flexibility index (Phi) is 6.88. The third-order valence-electron chi connectivity index (χ3n) is 4.07. The minimum Gasteiger partial charge on any atom is -0.383 e. The zero-order chi connectivity index (χ0) is 20.1. The average Bonchev–Trinajstić information content (AvgIpc) is 2.68. The minimum absolute atomic E-state index is 0.148. The topological polar surface area (TPSA) is 73.2 Å². The summed E-state index contributed by atoms with van der Waals surface area (Å²) in [5, 5.41) is 3.88. The van der Waals surface area contributed by atoms with Gasteiger partial charge in [0.15, 0.2) is 5.16 Å². The smallest absolute Gasteiger partial charge is 0.262 e. The molecule has 0 atom stereocenters. The van der Waals surface area contributed by atoms with Crippen molar-refractivity contribution in [1.82, 2.24) is 9.55 Å². The number of fused-ring (bicyclic) bond motifs is 1. The van der Waals surface area contributed by atoms with Gasteiger partial charge in [-0.15, -0.1) is 0 Å². The molecule has 8 heteroatoms. The summed E-state index contributed by atoms with van der Waals surface area (Å²) in [4.78, 5) is 29.8. The van der Waals surface area contributed by atoms with Crippen molar-refractivity contribution in [3.63, 3.8) is 0 Å². The van der Waals surface area contributed by atoms with Crippen molar-refractivity contribution in [2.24, 2.45) is 0 Å². The number of benzene rings is 2. The van der Waals surface area contributed by atoms with E-state index in [4.69, 9.17) is 4.74 Å². The van der Waals surface area contributed by atoms with Gasteiger partial charge in [0.25, 0.3) is 5.56 Å². The Labute approximate surface area is 175 Å². The molecule has 0 unspecified atom stereocenters. The summed E-state index contributed by atoms with van der Waals surface area (Å²) in [6.45, 7) is 2.74. The summed E-state index contributed by atoms with van der Waals surface area (Å²) in [5.41, 5.74) is 2.32. The Hall–Kier alpha value is -2.16. The summed E-state index contributed by atoms with van der Waals surface area (Å²) in [6, 6.07) is 13.0. The molecule has 1 aromatic heterocycles. The van der Waals surface area contributed by atoms with E-state index in [0.717, 1.165) is 15.7 Å². The number of hydrogen-bond donors (Lipinski definition) is 1. The van der Waals surface area contributed by atoms with E-state index in [-0.39, 0.29) is 17.2 Å². The molecule has 0 aliphatic rings. The van der Waals surface area contributed by atoms with Crippen LogP contribution in [0.3, 0.4) is 0 Å². The van der Waals surface area contributed by atoms with Gasteiger partial charge in [0.2, 0.25) is 5.91 Å². The molecule has 0 aliphatic heterocycles. The molecule has 0 bridgehead atoms. The molecule has 3 rings (SSSR count). The van der Waals surface area contributed by atoms with Crippen LogP contribution in [0.1, 0.15) is 5.56 Å². The lowest BCUT2D eigenvalue weighted by atomic mass is 10.2. The van der Waals surface area contributed by atoms with Gasteiger partial charge in [-0.25, -0.2) is 4.98 Å². The highest BCUT2D eigenvalue weighted by molar-refractivity contribution is 9.10. The molecule has 3 aromatic rings. The third kappa shape index (κ3) is 5.01.